The first kappa shape index (κ1) is 26.7. The fraction of sp³-hybridized carbons (Fsp3) is 0.179. The van der Waals surface area contributed by atoms with Gasteiger partial charge in [0.1, 0.15) is 12.4 Å². The van der Waals surface area contributed by atoms with E-state index in [9.17, 15) is 9.59 Å². The van der Waals surface area contributed by atoms with Crippen LogP contribution in [0.2, 0.25) is 15.1 Å². The second-order valence-electron chi connectivity index (χ2n) is 8.90. The number of halogens is 3. The molecule has 0 aliphatic rings. The van der Waals surface area contributed by atoms with Crippen LogP contribution in [0.5, 0.6) is 0 Å². The normalized spacial score (nSPS) is 11.0. The Balaban J connectivity index is 1.63. The Labute approximate surface area is 230 Å². The molecule has 37 heavy (non-hydrogen) atoms. The average molecular weight is 556 g/mol. The number of rotatable bonds is 8. The van der Waals surface area contributed by atoms with Crippen molar-refractivity contribution in [3.8, 4) is 16.9 Å². The number of nitrogens with one attached hydrogen (secondary N) is 1. The summed E-state index contributed by atoms with van der Waals surface area (Å²) in [6.07, 6.45) is 0. The number of amides is 2. The maximum atomic E-state index is 13.3. The molecule has 2 amide bonds. The Morgan fingerprint density at radius 2 is 1.59 bits per heavy atom. The molecule has 190 valence electrons. The number of hydrogen-bond acceptors (Lipinski definition) is 3. The Kier molecular flexibility index (Phi) is 8.54. The third-order valence-electron chi connectivity index (χ3n) is 5.50. The van der Waals surface area contributed by atoms with Gasteiger partial charge in [-0.3, -0.25) is 9.59 Å². The first-order valence-electron chi connectivity index (χ1n) is 11.7. The third kappa shape index (κ3) is 6.52. The Morgan fingerprint density at radius 3 is 2.27 bits per heavy atom. The minimum atomic E-state index is -0.373. The molecule has 0 saturated carbocycles. The lowest BCUT2D eigenvalue weighted by Gasteiger charge is -2.24. The van der Waals surface area contributed by atoms with Crippen molar-refractivity contribution in [2.24, 2.45) is 5.92 Å². The SMILES string of the molecule is CC(C)CN(CC(=O)Nc1cc(-c2ccccc2)nn1-c1ccccc1Cl)C(=O)c1ccc(Cl)c(Cl)c1. The third-order valence-corrected chi connectivity index (χ3v) is 6.56. The van der Waals surface area contributed by atoms with Crippen molar-refractivity contribution in [1.82, 2.24) is 14.7 Å². The molecule has 0 spiro atoms. The predicted molar refractivity (Wildman–Crippen MR) is 150 cm³/mol. The smallest absolute Gasteiger partial charge is 0.254 e. The van der Waals surface area contributed by atoms with Crippen molar-refractivity contribution in [1.29, 1.82) is 0 Å². The minimum Gasteiger partial charge on any atom is -0.329 e. The summed E-state index contributed by atoms with van der Waals surface area (Å²) in [7, 11) is 0. The molecular formula is C28H25Cl3N4O2. The molecule has 1 N–H and O–H groups in total. The van der Waals surface area contributed by atoms with Gasteiger partial charge in [0.05, 0.1) is 26.4 Å². The molecule has 3 aromatic carbocycles. The number of aromatic nitrogens is 2. The summed E-state index contributed by atoms with van der Waals surface area (Å²) >= 11 is 18.6. The van der Waals surface area contributed by atoms with Crippen LogP contribution in [-0.4, -0.2) is 39.6 Å². The van der Waals surface area contributed by atoms with E-state index in [4.69, 9.17) is 39.9 Å². The Morgan fingerprint density at radius 1 is 0.892 bits per heavy atom. The highest BCUT2D eigenvalue weighted by Crippen LogP contribution is 2.28. The Hall–Kier alpha value is -3.32. The van der Waals surface area contributed by atoms with Crippen LogP contribution in [0.3, 0.4) is 0 Å². The first-order valence-corrected chi connectivity index (χ1v) is 12.8. The average Bonchev–Trinajstić information content (AvgIpc) is 3.28. The molecule has 1 heterocycles. The largest absolute Gasteiger partial charge is 0.329 e. The van der Waals surface area contributed by atoms with Crippen LogP contribution in [0, 0.1) is 5.92 Å². The number of benzene rings is 3. The lowest BCUT2D eigenvalue weighted by molar-refractivity contribution is -0.117. The predicted octanol–water partition coefficient (Wildman–Crippen LogP) is 7.24. The maximum absolute atomic E-state index is 13.3. The number of hydrogen-bond donors (Lipinski definition) is 1. The summed E-state index contributed by atoms with van der Waals surface area (Å²) in [5.74, 6) is -0.116. The van der Waals surface area contributed by atoms with Gasteiger partial charge in [0.2, 0.25) is 5.91 Å². The van der Waals surface area contributed by atoms with Gasteiger partial charge in [0, 0.05) is 23.7 Å². The molecule has 0 bridgehead atoms. The number of anilines is 1. The molecule has 0 radical (unpaired) electrons. The molecule has 0 unspecified atom stereocenters. The summed E-state index contributed by atoms with van der Waals surface area (Å²) in [4.78, 5) is 28.0. The van der Waals surface area contributed by atoms with Gasteiger partial charge in [-0.25, -0.2) is 4.68 Å². The lowest BCUT2D eigenvalue weighted by Crippen LogP contribution is -2.40. The molecule has 4 aromatic rings. The van der Waals surface area contributed by atoms with Crippen LogP contribution in [0.15, 0.2) is 78.9 Å². The summed E-state index contributed by atoms with van der Waals surface area (Å²) < 4.78 is 1.59. The molecule has 4 rings (SSSR count). The number of carbonyl (C=O) groups is 2. The van der Waals surface area contributed by atoms with Gasteiger partial charge >= 0.3 is 0 Å². The van der Waals surface area contributed by atoms with E-state index in [2.05, 4.69) is 5.32 Å². The van der Waals surface area contributed by atoms with Crippen LogP contribution in [-0.2, 0) is 4.79 Å². The molecule has 0 atom stereocenters. The molecule has 1 aromatic heterocycles. The molecule has 6 nitrogen and oxygen atoms in total. The topological polar surface area (TPSA) is 67.2 Å². The van der Waals surface area contributed by atoms with Gasteiger partial charge in [0.25, 0.3) is 5.91 Å². The van der Waals surface area contributed by atoms with E-state index in [-0.39, 0.29) is 29.3 Å². The quantitative estimate of drug-likeness (QED) is 0.249. The fourth-order valence-corrected chi connectivity index (χ4v) is 4.37. The van der Waals surface area contributed by atoms with E-state index in [0.717, 1.165) is 5.56 Å². The van der Waals surface area contributed by atoms with E-state index in [1.54, 1.807) is 28.9 Å². The fourth-order valence-electron chi connectivity index (χ4n) is 3.85. The van der Waals surface area contributed by atoms with E-state index in [0.29, 0.717) is 39.4 Å². The number of carbonyl (C=O) groups excluding carboxylic acids is 2. The highest BCUT2D eigenvalue weighted by atomic mass is 35.5. The summed E-state index contributed by atoms with van der Waals surface area (Å²) in [5.41, 5.74) is 2.53. The van der Waals surface area contributed by atoms with Crippen molar-refractivity contribution < 1.29 is 9.59 Å². The van der Waals surface area contributed by atoms with Gasteiger partial charge in [-0.05, 0) is 36.2 Å². The van der Waals surface area contributed by atoms with Gasteiger partial charge < -0.3 is 10.2 Å². The summed E-state index contributed by atoms with van der Waals surface area (Å²) in [6, 6.07) is 23.3. The molecule has 0 aliphatic carbocycles. The zero-order valence-corrected chi connectivity index (χ0v) is 22.6. The monoisotopic (exact) mass is 554 g/mol. The van der Waals surface area contributed by atoms with Crippen LogP contribution in [0.4, 0.5) is 5.82 Å². The summed E-state index contributed by atoms with van der Waals surface area (Å²) in [6.45, 7) is 4.18. The number of nitrogens with zero attached hydrogens (tertiary/aromatic N) is 3. The second-order valence-corrected chi connectivity index (χ2v) is 10.1. The van der Waals surface area contributed by atoms with E-state index in [1.807, 2.05) is 62.4 Å². The van der Waals surface area contributed by atoms with Crippen molar-refractivity contribution in [2.75, 3.05) is 18.4 Å². The van der Waals surface area contributed by atoms with Crippen molar-refractivity contribution in [2.45, 2.75) is 13.8 Å². The summed E-state index contributed by atoms with van der Waals surface area (Å²) in [5, 5.41) is 8.74. The zero-order valence-electron chi connectivity index (χ0n) is 20.3. The van der Waals surface area contributed by atoms with Gasteiger partial charge in [-0.2, -0.15) is 5.10 Å². The highest BCUT2D eigenvalue weighted by molar-refractivity contribution is 6.42. The Bertz CT molecular complexity index is 1420. The first-order chi connectivity index (χ1) is 17.7. The zero-order chi connectivity index (χ0) is 26.5. The van der Waals surface area contributed by atoms with Crippen LogP contribution >= 0.6 is 34.8 Å². The second kappa shape index (κ2) is 11.8. The highest BCUT2D eigenvalue weighted by Gasteiger charge is 2.22. The maximum Gasteiger partial charge on any atom is 0.254 e. The van der Waals surface area contributed by atoms with Gasteiger partial charge in [-0.1, -0.05) is 91.1 Å². The van der Waals surface area contributed by atoms with Gasteiger partial charge in [0.15, 0.2) is 0 Å². The molecule has 0 aliphatic heterocycles. The van der Waals surface area contributed by atoms with Crippen LogP contribution in [0.25, 0.3) is 16.9 Å². The molecule has 0 fully saturated rings. The van der Waals surface area contributed by atoms with E-state index >= 15 is 0 Å². The number of para-hydroxylation sites is 1. The molecule has 9 heteroatoms. The standard InChI is InChI=1S/C28H25Cl3N4O2/c1-18(2)16-34(28(37)20-12-13-21(29)23(31)14-20)17-27(36)32-26-15-24(19-8-4-3-5-9-19)33-35(26)25-11-7-6-10-22(25)30/h3-15,18H,16-17H2,1-2H3,(H,32,36). The van der Waals surface area contributed by atoms with Crippen LogP contribution < -0.4 is 5.32 Å². The minimum absolute atomic E-state index is 0.137. The van der Waals surface area contributed by atoms with E-state index < -0.39 is 0 Å². The van der Waals surface area contributed by atoms with Crippen molar-refractivity contribution >= 4 is 52.4 Å². The molecular weight excluding hydrogens is 531 g/mol. The molecule has 0 saturated heterocycles. The van der Waals surface area contributed by atoms with E-state index in [1.165, 1.54) is 11.0 Å². The van der Waals surface area contributed by atoms with Crippen molar-refractivity contribution in [3.05, 3.63) is 99.5 Å². The van der Waals surface area contributed by atoms with Crippen LogP contribution in [0.1, 0.15) is 24.2 Å². The lowest BCUT2D eigenvalue weighted by atomic mass is 10.1. The van der Waals surface area contributed by atoms with Gasteiger partial charge in [-0.15, -0.1) is 0 Å². The van der Waals surface area contributed by atoms with Crippen molar-refractivity contribution in [3.63, 3.8) is 0 Å².